The van der Waals surface area contributed by atoms with Crippen LogP contribution >= 0.6 is 11.6 Å². The first kappa shape index (κ1) is 24.2. The molecule has 2 fully saturated rings. The third kappa shape index (κ3) is 4.80. The van der Waals surface area contributed by atoms with Crippen molar-refractivity contribution in [1.82, 2.24) is 14.5 Å². The first-order valence-corrected chi connectivity index (χ1v) is 12.4. The molecular formula is C26H30ClN3O5. The highest BCUT2D eigenvalue weighted by atomic mass is 35.5. The van der Waals surface area contributed by atoms with Gasteiger partial charge in [-0.2, -0.15) is 4.98 Å². The predicted molar refractivity (Wildman–Crippen MR) is 131 cm³/mol. The molecule has 3 atom stereocenters. The standard InChI is InChI=1S/C26H30ClN3O5/c1-16-12-23(31)30(20-6-4-5-7-20)24-21(16)14-28-25(29-24)33-15-18-13-22(34-35-26(18,2)32-3)17-8-10-19(27)11-9-17/h8-12,14,18,20,22H,4-7,13,15H2,1-3H3. The molecule has 35 heavy (non-hydrogen) atoms. The van der Waals surface area contributed by atoms with Gasteiger partial charge in [-0.3, -0.25) is 9.36 Å². The highest BCUT2D eigenvalue weighted by Crippen LogP contribution is 2.40. The van der Waals surface area contributed by atoms with E-state index in [2.05, 4.69) is 9.97 Å². The molecule has 5 rings (SSSR count). The van der Waals surface area contributed by atoms with Crippen LogP contribution in [0.4, 0.5) is 0 Å². The Morgan fingerprint density at radius 2 is 1.97 bits per heavy atom. The summed E-state index contributed by atoms with van der Waals surface area (Å²) in [5, 5.41) is 1.52. The molecule has 3 heterocycles. The molecule has 0 bridgehead atoms. The van der Waals surface area contributed by atoms with Gasteiger partial charge in [-0.15, -0.1) is 0 Å². The maximum atomic E-state index is 12.9. The number of benzene rings is 1. The Morgan fingerprint density at radius 3 is 2.69 bits per heavy atom. The number of pyridine rings is 1. The molecule has 2 aliphatic rings. The van der Waals surface area contributed by atoms with E-state index >= 15 is 0 Å². The van der Waals surface area contributed by atoms with Crippen LogP contribution in [0.3, 0.4) is 0 Å². The molecule has 0 radical (unpaired) electrons. The van der Waals surface area contributed by atoms with E-state index in [1.807, 2.05) is 42.7 Å². The van der Waals surface area contributed by atoms with E-state index < -0.39 is 5.79 Å². The van der Waals surface area contributed by atoms with Gasteiger partial charge in [0.15, 0.2) is 5.65 Å². The molecule has 3 unspecified atom stereocenters. The summed E-state index contributed by atoms with van der Waals surface area (Å²) in [6.45, 7) is 3.98. The van der Waals surface area contributed by atoms with Crippen molar-refractivity contribution >= 4 is 22.6 Å². The summed E-state index contributed by atoms with van der Waals surface area (Å²) in [5.74, 6) is -1.17. The predicted octanol–water partition coefficient (Wildman–Crippen LogP) is 5.32. The van der Waals surface area contributed by atoms with Crippen LogP contribution in [0.5, 0.6) is 6.01 Å². The van der Waals surface area contributed by atoms with Gasteiger partial charge in [0.2, 0.25) is 5.79 Å². The largest absolute Gasteiger partial charge is 0.463 e. The van der Waals surface area contributed by atoms with Crippen molar-refractivity contribution in [3.8, 4) is 6.01 Å². The molecule has 0 spiro atoms. The molecule has 1 saturated heterocycles. The van der Waals surface area contributed by atoms with Gasteiger partial charge in [-0.25, -0.2) is 14.8 Å². The third-order valence-corrected chi connectivity index (χ3v) is 7.55. The lowest BCUT2D eigenvalue weighted by Gasteiger charge is -2.41. The number of ether oxygens (including phenoxy) is 2. The molecule has 1 saturated carbocycles. The molecule has 0 N–H and O–H groups in total. The van der Waals surface area contributed by atoms with Crippen LogP contribution in [0, 0.1) is 12.8 Å². The number of hydrogen-bond donors (Lipinski definition) is 0. The van der Waals surface area contributed by atoms with Crippen LogP contribution in [0.25, 0.3) is 11.0 Å². The van der Waals surface area contributed by atoms with Crippen molar-refractivity contribution in [2.45, 2.75) is 63.9 Å². The zero-order valence-electron chi connectivity index (χ0n) is 20.2. The van der Waals surface area contributed by atoms with Gasteiger partial charge in [0.05, 0.1) is 12.5 Å². The number of aromatic nitrogens is 3. The highest BCUT2D eigenvalue weighted by molar-refractivity contribution is 6.30. The first-order chi connectivity index (χ1) is 16.9. The van der Waals surface area contributed by atoms with E-state index in [0.717, 1.165) is 42.2 Å². The van der Waals surface area contributed by atoms with Gasteiger partial charge >= 0.3 is 6.01 Å². The van der Waals surface area contributed by atoms with Gasteiger partial charge in [0.1, 0.15) is 6.10 Å². The summed E-state index contributed by atoms with van der Waals surface area (Å²) in [6.07, 6.45) is 6.25. The lowest BCUT2D eigenvalue weighted by Crippen LogP contribution is -2.47. The Balaban J connectivity index is 1.40. The summed E-state index contributed by atoms with van der Waals surface area (Å²) in [5.41, 5.74) is 2.42. The summed E-state index contributed by atoms with van der Waals surface area (Å²) < 4.78 is 13.5. The van der Waals surface area contributed by atoms with E-state index in [0.29, 0.717) is 17.1 Å². The molecule has 1 aliphatic heterocycles. The topological polar surface area (TPSA) is 84.7 Å². The summed E-state index contributed by atoms with van der Waals surface area (Å²) in [7, 11) is 1.58. The highest BCUT2D eigenvalue weighted by Gasteiger charge is 2.44. The Kier molecular flexibility index (Phi) is 6.81. The minimum Gasteiger partial charge on any atom is -0.463 e. The van der Waals surface area contributed by atoms with Gasteiger partial charge in [0, 0.05) is 35.8 Å². The van der Waals surface area contributed by atoms with Gasteiger partial charge in [-0.1, -0.05) is 36.6 Å². The van der Waals surface area contributed by atoms with Crippen molar-refractivity contribution in [1.29, 1.82) is 0 Å². The van der Waals surface area contributed by atoms with Gasteiger partial charge < -0.3 is 9.47 Å². The molecule has 2 aromatic heterocycles. The van der Waals surface area contributed by atoms with E-state index in [1.165, 1.54) is 0 Å². The quantitative estimate of drug-likeness (QED) is 0.424. The Hall–Kier alpha value is -2.52. The fourth-order valence-corrected chi connectivity index (χ4v) is 5.16. The Morgan fingerprint density at radius 1 is 1.23 bits per heavy atom. The number of nitrogens with zero attached hydrogens (tertiary/aromatic N) is 3. The van der Waals surface area contributed by atoms with Gasteiger partial charge in [-0.05, 0) is 56.4 Å². The van der Waals surface area contributed by atoms with E-state index in [9.17, 15) is 4.79 Å². The summed E-state index contributed by atoms with van der Waals surface area (Å²) >= 11 is 6.03. The van der Waals surface area contributed by atoms with E-state index in [1.54, 1.807) is 19.4 Å². The first-order valence-electron chi connectivity index (χ1n) is 12.0. The normalized spacial score (nSPS) is 25.3. The third-order valence-electron chi connectivity index (χ3n) is 7.30. The molecule has 1 aliphatic carbocycles. The average Bonchev–Trinajstić information content (AvgIpc) is 3.38. The Labute approximate surface area is 209 Å². The van der Waals surface area contributed by atoms with Crippen LogP contribution in [-0.4, -0.2) is 34.0 Å². The van der Waals surface area contributed by atoms with E-state index in [4.69, 9.17) is 30.8 Å². The minimum absolute atomic E-state index is 0.0258. The minimum atomic E-state index is -0.998. The maximum absolute atomic E-state index is 12.9. The van der Waals surface area contributed by atoms with Crippen molar-refractivity contribution < 1.29 is 19.2 Å². The molecule has 0 amide bonds. The number of methoxy groups -OCH3 is 1. The fraction of sp³-hybridized carbons (Fsp3) is 0.500. The monoisotopic (exact) mass is 499 g/mol. The fourth-order valence-electron chi connectivity index (χ4n) is 5.04. The van der Waals surface area contributed by atoms with Crippen molar-refractivity contribution in [3.63, 3.8) is 0 Å². The zero-order valence-corrected chi connectivity index (χ0v) is 21.0. The molecular weight excluding hydrogens is 470 g/mol. The van der Waals surface area contributed by atoms with Crippen LogP contribution in [-0.2, 0) is 14.5 Å². The summed E-state index contributed by atoms with van der Waals surface area (Å²) in [4.78, 5) is 33.3. The molecule has 9 heteroatoms. The average molecular weight is 500 g/mol. The SMILES string of the molecule is COC1(C)OOC(c2ccc(Cl)cc2)CC1COc1ncc2c(C)cc(=O)n(C3CCCC3)c2n1. The number of fused-ring (bicyclic) bond motifs is 1. The number of aryl methyl sites for hydroxylation is 1. The van der Waals surface area contributed by atoms with Crippen LogP contribution in [0.15, 0.2) is 41.3 Å². The molecule has 8 nitrogen and oxygen atoms in total. The van der Waals surface area contributed by atoms with Crippen molar-refractivity contribution in [3.05, 3.63) is 63.0 Å². The Bertz CT molecular complexity index is 1260. The van der Waals surface area contributed by atoms with Crippen LogP contribution < -0.4 is 10.3 Å². The van der Waals surface area contributed by atoms with Crippen molar-refractivity contribution in [2.24, 2.45) is 5.92 Å². The lowest BCUT2D eigenvalue weighted by molar-refractivity contribution is -0.479. The summed E-state index contributed by atoms with van der Waals surface area (Å²) in [6, 6.07) is 9.54. The van der Waals surface area contributed by atoms with Crippen molar-refractivity contribution in [2.75, 3.05) is 13.7 Å². The number of rotatable bonds is 6. The maximum Gasteiger partial charge on any atom is 0.318 e. The second kappa shape index (κ2) is 9.85. The van der Waals surface area contributed by atoms with Crippen LogP contribution in [0.2, 0.25) is 5.02 Å². The van der Waals surface area contributed by atoms with Crippen LogP contribution in [0.1, 0.15) is 62.3 Å². The number of hydrogen-bond acceptors (Lipinski definition) is 7. The van der Waals surface area contributed by atoms with Gasteiger partial charge in [0.25, 0.3) is 5.56 Å². The molecule has 3 aromatic rings. The second-order valence-electron chi connectivity index (χ2n) is 9.55. The molecule has 186 valence electrons. The number of halogens is 1. The lowest BCUT2D eigenvalue weighted by atomic mass is 9.90. The zero-order chi connectivity index (χ0) is 24.6. The van der Waals surface area contributed by atoms with E-state index in [-0.39, 0.29) is 36.2 Å². The second-order valence-corrected chi connectivity index (χ2v) is 9.98. The smallest absolute Gasteiger partial charge is 0.318 e. The molecule has 1 aromatic carbocycles.